The van der Waals surface area contributed by atoms with Gasteiger partial charge in [-0.2, -0.15) is 5.10 Å². The first-order valence-electron chi connectivity index (χ1n) is 3.31. The smallest absolute Gasteiger partial charge is 0.149 e. The van der Waals surface area contributed by atoms with Crippen LogP contribution in [0.15, 0.2) is 18.5 Å². The van der Waals surface area contributed by atoms with Crippen molar-refractivity contribution in [1.29, 1.82) is 0 Å². The van der Waals surface area contributed by atoms with Gasteiger partial charge in [0.25, 0.3) is 0 Å². The Labute approximate surface area is 63.6 Å². The molecule has 2 aromatic rings. The lowest BCUT2D eigenvalue weighted by atomic mass is 10.3. The molecule has 0 aliphatic heterocycles. The largest absolute Gasteiger partial charge is 0.382 e. The first-order chi connectivity index (χ1) is 5.29. The van der Waals surface area contributed by atoms with Gasteiger partial charge in [0.2, 0.25) is 0 Å². The molecule has 2 aromatic heterocycles. The molecule has 2 rings (SSSR count). The van der Waals surface area contributed by atoms with Crippen LogP contribution in [0.2, 0.25) is 0 Å². The summed E-state index contributed by atoms with van der Waals surface area (Å²) in [5, 5.41) is 5.08. The summed E-state index contributed by atoms with van der Waals surface area (Å²) in [5.74, 6) is 0.530. The molecule has 11 heavy (non-hydrogen) atoms. The fourth-order valence-electron chi connectivity index (χ4n) is 1.15. The van der Waals surface area contributed by atoms with Crippen LogP contribution in [0.3, 0.4) is 0 Å². The van der Waals surface area contributed by atoms with E-state index in [1.54, 1.807) is 17.1 Å². The molecule has 2 heterocycles. The molecule has 0 saturated carbocycles. The summed E-state index contributed by atoms with van der Waals surface area (Å²) in [6.45, 7) is 0. The minimum Gasteiger partial charge on any atom is -0.382 e. The number of aromatic nitrogens is 3. The summed E-state index contributed by atoms with van der Waals surface area (Å²) < 4.78 is 1.72. The second-order valence-electron chi connectivity index (χ2n) is 2.40. The first kappa shape index (κ1) is 6.15. The molecule has 4 heteroatoms. The molecule has 2 N–H and O–H groups in total. The quantitative estimate of drug-likeness (QED) is 0.593. The standard InChI is InChI=1S/C7H8N4/c1-11-6-5(4-10-11)2-3-9-7(6)8/h2-4H,1H3,(H2,8,9). The van der Waals surface area contributed by atoms with Crippen LogP contribution in [-0.2, 0) is 7.05 Å². The third-order valence-electron chi connectivity index (χ3n) is 1.68. The number of pyridine rings is 1. The maximum absolute atomic E-state index is 5.63. The van der Waals surface area contributed by atoms with E-state index in [9.17, 15) is 0 Å². The van der Waals surface area contributed by atoms with Gasteiger partial charge in [0, 0.05) is 18.6 Å². The Kier molecular flexibility index (Phi) is 1.09. The Balaban J connectivity index is 2.96. The number of anilines is 1. The van der Waals surface area contributed by atoms with E-state index in [4.69, 9.17) is 5.73 Å². The molecule has 4 nitrogen and oxygen atoms in total. The van der Waals surface area contributed by atoms with Crippen molar-refractivity contribution in [2.45, 2.75) is 0 Å². The zero-order valence-electron chi connectivity index (χ0n) is 6.15. The molecule has 0 atom stereocenters. The molecule has 0 spiro atoms. The second kappa shape index (κ2) is 1.95. The molecule has 0 radical (unpaired) electrons. The lowest BCUT2D eigenvalue weighted by Crippen LogP contribution is -1.96. The van der Waals surface area contributed by atoms with Gasteiger partial charge in [-0.3, -0.25) is 4.68 Å². The number of hydrogen-bond acceptors (Lipinski definition) is 3. The van der Waals surface area contributed by atoms with Crippen molar-refractivity contribution < 1.29 is 0 Å². The van der Waals surface area contributed by atoms with Crippen LogP contribution in [0.25, 0.3) is 10.9 Å². The fraction of sp³-hybridized carbons (Fsp3) is 0.143. The maximum Gasteiger partial charge on any atom is 0.149 e. The minimum absolute atomic E-state index is 0.530. The van der Waals surface area contributed by atoms with Crippen molar-refractivity contribution in [3.63, 3.8) is 0 Å². The number of nitrogen functional groups attached to an aromatic ring is 1. The van der Waals surface area contributed by atoms with E-state index in [0.29, 0.717) is 5.82 Å². The molecular formula is C7H8N4. The molecule has 0 aliphatic rings. The van der Waals surface area contributed by atoms with Gasteiger partial charge in [0.1, 0.15) is 11.3 Å². The van der Waals surface area contributed by atoms with Crippen molar-refractivity contribution in [2.75, 3.05) is 5.73 Å². The van der Waals surface area contributed by atoms with Gasteiger partial charge in [-0.25, -0.2) is 4.98 Å². The van der Waals surface area contributed by atoms with Gasteiger partial charge in [0.05, 0.1) is 6.20 Å². The van der Waals surface area contributed by atoms with E-state index in [-0.39, 0.29) is 0 Å². The van der Waals surface area contributed by atoms with Crippen molar-refractivity contribution in [1.82, 2.24) is 14.8 Å². The van der Waals surface area contributed by atoms with E-state index in [1.165, 1.54) is 0 Å². The number of fused-ring (bicyclic) bond motifs is 1. The summed E-state index contributed by atoms with van der Waals surface area (Å²) in [6, 6.07) is 1.89. The van der Waals surface area contributed by atoms with Gasteiger partial charge >= 0.3 is 0 Å². The van der Waals surface area contributed by atoms with Crippen LogP contribution in [0.1, 0.15) is 0 Å². The van der Waals surface area contributed by atoms with Crippen molar-refractivity contribution in [2.24, 2.45) is 7.05 Å². The predicted octanol–water partition coefficient (Wildman–Crippen LogP) is 0.550. The monoisotopic (exact) mass is 148 g/mol. The number of aryl methyl sites for hydroxylation is 1. The first-order valence-corrected chi connectivity index (χ1v) is 3.31. The van der Waals surface area contributed by atoms with Gasteiger partial charge in [-0.1, -0.05) is 0 Å². The number of rotatable bonds is 0. The van der Waals surface area contributed by atoms with E-state index < -0.39 is 0 Å². The van der Waals surface area contributed by atoms with Crippen molar-refractivity contribution >= 4 is 16.7 Å². The van der Waals surface area contributed by atoms with Crippen molar-refractivity contribution in [3.05, 3.63) is 18.5 Å². The number of nitrogens with zero attached hydrogens (tertiary/aromatic N) is 3. The van der Waals surface area contributed by atoms with Gasteiger partial charge in [0.15, 0.2) is 0 Å². The van der Waals surface area contributed by atoms with Crippen LogP contribution >= 0.6 is 0 Å². The van der Waals surface area contributed by atoms with Gasteiger partial charge in [-0.15, -0.1) is 0 Å². The Morgan fingerprint density at radius 1 is 1.55 bits per heavy atom. The summed E-state index contributed by atoms with van der Waals surface area (Å²) >= 11 is 0. The molecule has 0 unspecified atom stereocenters. The highest BCUT2D eigenvalue weighted by molar-refractivity contribution is 5.86. The zero-order valence-corrected chi connectivity index (χ0v) is 6.15. The van der Waals surface area contributed by atoms with E-state index in [0.717, 1.165) is 10.9 Å². The van der Waals surface area contributed by atoms with E-state index in [2.05, 4.69) is 10.1 Å². The molecular weight excluding hydrogens is 140 g/mol. The zero-order chi connectivity index (χ0) is 7.84. The lowest BCUT2D eigenvalue weighted by molar-refractivity contribution is 0.796. The topological polar surface area (TPSA) is 56.7 Å². The highest BCUT2D eigenvalue weighted by Crippen LogP contribution is 2.15. The van der Waals surface area contributed by atoms with Crippen LogP contribution in [-0.4, -0.2) is 14.8 Å². The lowest BCUT2D eigenvalue weighted by Gasteiger charge is -1.95. The third-order valence-corrected chi connectivity index (χ3v) is 1.68. The Morgan fingerprint density at radius 3 is 3.09 bits per heavy atom. The van der Waals surface area contributed by atoms with E-state index in [1.807, 2.05) is 13.1 Å². The molecule has 0 aromatic carbocycles. The number of hydrogen-bond donors (Lipinski definition) is 1. The normalized spacial score (nSPS) is 10.6. The molecule has 0 bridgehead atoms. The van der Waals surface area contributed by atoms with Crippen LogP contribution in [0.5, 0.6) is 0 Å². The summed E-state index contributed by atoms with van der Waals surface area (Å²) in [6.07, 6.45) is 3.45. The molecule has 0 fully saturated rings. The Hall–Kier alpha value is -1.58. The SMILES string of the molecule is Cn1ncc2ccnc(N)c21. The minimum atomic E-state index is 0.530. The highest BCUT2D eigenvalue weighted by atomic mass is 15.3. The molecule has 0 aliphatic carbocycles. The van der Waals surface area contributed by atoms with Crippen LogP contribution < -0.4 is 5.73 Å². The summed E-state index contributed by atoms with van der Waals surface area (Å²) in [5.41, 5.74) is 6.53. The van der Waals surface area contributed by atoms with Crippen molar-refractivity contribution in [3.8, 4) is 0 Å². The van der Waals surface area contributed by atoms with E-state index >= 15 is 0 Å². The second-order valence-corrected chi connectivity index (χ2v) is 2.40. The Bertz CT molecular complexity index is 390. The van der Waals surface area contributed by atoms with Gasteiger partial charge < -0.3 is 5.73 Å². The number of nitrogens with two attached hydrogens (primary N) is 1. The maximum atomic E-state index is 5.63. The average Bonchev–Trinajstić information content (AvgIpc) is 2.34. The predicted molar refractivity (Wildman–Crippen MR) is 42.9 cm³/mol. The molecule has 0 amide bonds. The third kappa shape index (κ3) is 0.756. The van der Waals surface area contributed by atoms with Crippen LogP contribution in [0, 0.1) is 0 Å². The Morgan fingerprint density at radius 2 is 2.36 bits per heavy atom. The summed E-state index contributed by atoms with van der Waals surface area (Å²) in [7, 11) is 1.85. The average molecular weight is 148 g/mol. The molecule has 0 saturated heterocycles. The molecule has 56 valence electrons. The van der Waals surface area contributed by atoms with Gasteiger partial charge in [-0.05, 0) is 6.07 Å². The van der Waals surface area contributed by atoms with Crippen LogP contribution in [0.4, 0.5) is 5.82 Å². The summed E-state index contributed by atoms with van der Waals surface area (Å²) in [4.78, 5) is 3.96. The fourth-order valence-corrected chi connectivity index (χ4v) is 1.15. The highest BCUT2D eigenvalue weighted by Gasteiger charge is 2.01.